The van der Waals surface area contributed by atoms with Crippen molar-refractivity contribution in [2.75, 3.05) is 17.3 Å². The van der Waals surface area contributed by atoms with Crippen LogP contribution >= 0.6 is 0 Å². The summed E-state index contributed by atoms with van der Waals surface area (Å²) in [6.45, 7) is 1.49. The lowest BCUT2D eigenvalue weighted by Gasteiger charge is -2.31. The van der Waals surface area contributed by atoms with Crippen molar-refractivity contribution in [2.24, 2.45) is 0 Å². The van der Waals surface area contributed by atoms with Crippen LogP contribution < -0.4 is 10.2 Å². The highest BCUT2D eigenvalue weighted by Crippen LogP contribution is 2.31. The Kier molecular flexibility index (Phi) is 5.19. The molecule has 120 valence electrons. The molecule has 0 aromatic heterocycles. The van der Waals surface area contributed by atoms with Gasteiger partial charge in [0.2, 0.25) is 11.8 Å². The van der Waals surface area contributed by atoms with Crippen LogP contribution in [0.3, 0.4) is 0 Å². The molecule has 1 saturated carbocycles. The molecule has 0 unspecified atom stereocenters. The van der Waals surface area contributed by atoms with E-state index >= 15 is 0 Å². The number of nitrogens with zero attached hydrogens (tertiary/aromatic N) is 1. The van der Waals surface area contributed by atoms with Crippen LogP contribution in [0.4, 0.5) is 11.4 Å². The Morgan fingerprint density at radius 2 is 1.95 bits per heavy atom. The maximum atomic E-state index is 12.1. The number of benzene rings is 1. The zero-order valence-electron chi connectivity index (χ0n) is 13.3. The molecular weight excluding hydrogens is 280 g/mol. The van der Waals surface area contributed by atoms with Crippen molar-refractivity contribution in [1.29, 1.82) is 0 Å². The zero-order valence-corrected chi connectivity index (χ0v) is 13.3. The second kappa shape index (κ2) is 6.92. The van der Waals surface area contributed by atoms with Crippen LogP contribution in [0.25, 0.3) is 0 Å². The topological polar surface area (TPSA) is 69.6 Å². The molecular formula is C17H24N2O3. The zero-order chi connectivity index (χ0) is 16.2. The molecule has 5 heteroatoms. The van der Waals surface area contributed by atoms with E-state index in [-0.39, 0.29) is 18.2 Å². The molecule has 1 fully saturated rings. The van der Waals surface area contributed by atoms with E-state index in [4.69, 9.17) is 0 Å². The van der Waals surface area contributed by atoms with Crippen LogP contribution in [0.1, 0.15) is 45.4 Å². The van der Waals surface area contributed by atoms with E-state index < -0.39 is 5.60 Å². The van der Waals surface area contributed by atoms with Gasteiger partial charge in [-0.3, -0.25) is 9.59 Å². The lowest BCUT2D eigenvalue weighted by atomic mass is 9.82. The summed E-state index contributed by atoms with van der Waals surface area (Å²) in [6, 6.07) is 7.13. The Morgan fingerprint density at radius 1 is 1.27 bits per heavy atom. The summed E-state index contributed by atoms with van der Waals surface area (Å²) in [7, 11) is 1.69. The smallest absolute Gasteiger partial charge is 0.227 e. The second-order valence-electron chi connectivity index (χ2n) is 6.14. The van der Waals surface area contributed by atoms with Gasteiger partial charge < -0.3 is 15.3 Å². The summed E-state index contributed by atoms with van der Waals surface area (Å²) in [5.41, 5.74) is 0.493. The van der Waals surface area contributed by atoms with Gasteiger partial charge in [-0.1, -0.05) is 25.3 Å². The molecule has 1 aliphatic carbocycles. The van der Waals surface area contributed by atoms with Crippen molar-refractivity contribution in [2.45, 2.75) is 51.0 Å². The van der Waals surface area contributed by atoms with E-state index in [1.54, 1.807) is 25.2 Å². The fourth-order valence-electron chi connectivity index (χ4n) is 2.86. The molecule has 22 heavy (non-hydrogen) atoms. The normalized spacial score (nSPS) is 16.9. The van der Waals surface area contributed by atoms with Crippen molar-refractivity contribution < 1.29 is 14.7 Å². The van der Waals surface area contributed by atoms with E-state index in [9.17, 15) is 14.7 Å². The molecule has 2 rings (SSSR count). The van der Waals surface area contributed by atoms with Crippen LogP contribution in [0.2, 0.25) is 0 Å². The quantitative estimate of drug-likeness (QED) is 0.898. The molecule has 1 aliphatic rings. The predicted octanol–water partition coefficient (Wildman–Crippen LogP) is 2.69. The molecule has 5 nitrogen and oxygen atoms in total. The molecule has 0 atom stereocenters. The number of nitrogens with one attached hydrogen (secondary N) is 1. The first-order valence-corrected chi connectivity index (χ1v) is 7.76. The predicted molar refractivity (Wildman–Crippen MR) is 86.8 cm³/mol. The summed E-state index contributed by atoms with van der Waals surface area (Å²) in [5, 5.41) is 13.2. The van der Waals surface area contributed by atoms with Gasteiger partial charge in [-0.15, -0.1) is 0 Å². The molecule has 0 saturated heterocycles. The molecule has 0 spiro atoms. The van der Waals surface area contributed by atoms with Gasteiger partial charge in [0.1, 0.15) is 0 Å². The molecule has 0 bridgehead atoms. The van der Waals surface area contributed by atoms with Gasteiger partial charge in [0.25, 0.3) is 0 Å². The highest BCUT2D eigenvalue weighted by atomic mass is 16.3. The minimum absolute atomic E-state index is 0.0695. The van der Waals surface area contributed by atoms with Crippen LogP contribution in [0.15, 0.2) is 24.3 Å². The van der Waals surface area contributed by atoms with Gasteiger partial charge in [0, 0.05) is 25.3 Å². The fourth-order valence-corrected chi connectivity index (χ4v) is 2.86. The van der Waals surface area contributed by atoms with Crippen LogP contribution in [-0.4, -0.2) is 29.6 Å². The minimum atomic E-state index is -0.865. The molecule has 2 amide bonds. The Hall–Kier alpha value is -1.88. The number of carbonyl (C=O) groups excluding carboxylic acids is 2. The Balaban J connectivity index is 1.99. The maximum absolute atomic E-state index is 12.1. The molecule has 1 aromatic carbocycles. The first-order chi connectivity index (χ1) is 10.4. The first kappa shape index (κ1) is 16.5. The van der Waals surface area contributed by atoms with Crippen LogP contribution in [0, 0.1) is 0 Å². The molecule has 0 aliphatic heterocycles. The van der Waals surface area contributed by atoms with Gasteiger partial charge in [-0.2, -0.15) is 0 Å². The van der Waals surface area contributed by atoms with Crippen molar-refractivity contribution in [3.05, 3.63) is 24.3 Å². The molecule has 2 N–H and O–H groups in total. The lowest BCUT2D eigenvalue weighted by Crippen LogP contribution is -2.35. The Bertz CT molecular complexity index is 551. The SMILES string of the molecule is CC(=O)N(C)c1cccc(NC(=O)CC2(O)CCCCC2)c1. The van der Waals surface area contributed by atoms with E-state index in [0.29, 0.717) is 18.5 Å². The van der Waals surface area contributed by atoms with Gasteiger partial charge in [-0.05, 0) is 31.0 Å². The number of rotatable bonds is 4. The summed E-state index contributed by atoms with van der Waals surface area (Å²) >= 11 is 0. The third-order valence-electron chi connectivity index (χ3n) is 4.26. The van der Waals surface area contributed by atoms with Gasteiger partial charge in [0.05, 0.1) is 12.0 Å². The number of hydrogen-bond donors (Lipinski definition) is 2. The standard InChI is InChI=1S/C17H24N2O3/c1-13(20)19(2)15-8-6-7-14(11-15)18-16(21)12-17(22)9-4-3-5-10-17/h6-8,11,22H,3-5,9-10,12H2,1-2H3,(H,18,21). The van der Waals surface area contributed by atoms with Crippen molar-refractivity contribution in [3.63, 3.8) is 0 Å². The Morgan fingerprint density at radius 3 is 2.59 bits per heavy atom. The van der Waals surface area contributed by atoms with Gasteiger partial charge in [-0.25, -0.2) is 0 Å². The second-order valence-corrected chi connectivity index (χ2v) is 6.14. The minimum Gasteiger partial charge on any atom is -0.389 e. The number of aliphatic hydroxyl groups is 1. The Labute approximate surface area is 131 Å². The summed E-state index contributed by atoms with van der Waals surface area (Å²) in [6.07, 6.45) is 4.58. The number of amides is 2. The van der Waals surface area contributed by atoms with Crippen molar-refractivity contribution in [1.82, 2.24) is 0 Å². The largest absolute Gasteiger partial charge is 0.389 e. The maximum Gasteiger partial charge on any atom is 0.227 e. The average molecular weight is 304 g/mol. The van der Waals surface area contributed by atoms with E-state index in [1.807, 2.05) is 6.07 Å². The molecule has 1 aromatic rings. The number of anilines is 2. The van der Waals surface area contributed by atoms with Crippen LogP contribution in [-0.2, 0) is 9.59 Å². The van der Waals surface area contributed by atoms with E-state index in [0.717, 1.165) is 24.9 Å². The fraction of sp³-hybridized carbons (Fsp3) is 0.529. The third-order valence-corrected chi connectivity index (χ3v) is 4.26. The van der Waals surface area contributed by atoms with Crippen molar-refractivity contribution >= 4 is 23.2 Å². The lowest BCUT2D eigenvalue weighted by molar-refractivity contribution is -0.122. The van der Waals surface area contributed by atoms with Crippen molar-refractivity contribution in [3.8, 4) is 0 Å². The van der Waals surface area contributed by atoms with Gasteiger partial charge >= 0.3 is 0 Å². The average Bonchev–Trinajstić information content (AvgIpc) is 2.46. The highest BCUT2D eigenvalue weighted by molar-refractivity contribution is 5.94. The number of carbonyl (C=O) groups is 2. The summed E-state index contributed by atoms with van der Waals surface area (Å²) in [5.74, 6) is -0.257. The molecule has 0 heterocycles. The summed E-state index contributed by atoms with van der Waals surface area (Å²) in [4.78, 5) is 25.1. The summed E-state index contributed by atoms with van der Waals surface area (Å²) < 4.78 is 0. The monoisotopic (exact) mass is 304 g/mol. The number of hydrogen-bond acceptors (Lipinski definition) is 3. The van der Waals surface area contributed by atoms with Gasteiger partial charge in [0.15, 0.2) is 0 Å². The third kappa shape index (κ3) is 4.31. The highest BCUT2D eigenvalue weighted by Gasteiger charge is 2.31. The van der Waals surface area contributed by atoms with E-state index in [2.05, 4.69) is 5.32 Å². The first-order valence-electron chi connectivity index (χ1n) is 7.76. The van der Waals surface area contributed by atoms with E-state index in [1.165, 1.54) is 11.8 Å². The van der Waals surface area contributed by atoms with Crippen LogP contribution in [0.5, 0.6) is 0 Å². The molecule has 0 radical (unpaired) electrons.